The second kappa shape index (κ2) is 11.1. The van der Waals surface area contributed by atoms with E-state index in [0.29, 0.717) is 36.8 Å². The van der Waals surface area contributed by atoms with Gasteiger partial charge in [-0.3, -0.25) is 14.2 Å². The van der Waals surface area contributed by atoms with Crippen LogP contribution in [-0.4, -0.2) is 46.4 Å². The Morgan fingerprint density at radius 3 is 2.62 bits per heavy atom. The zero-order chi connectivity index (χ0) is 23.3. The van der Waals surface area contributed by atoms with E-state index >= 15 is 0 Å². The van der Waals surface area contributed by atoms with Gasteiger partial charge in [-0.1, -0.05) is 41.6 Å². The van der Waals surface area contributed by atoms with Gasteiger partial charge in [-0.15, -0.1) is 11.3 Å². The Kier molecular flexibility index (Phi) is 8.51. The summed E-state index contributed by atoms with van der Waals surface area (Å²) in [7, 11) is 1.81. The zero-order valence-electron chi connectivity index (χ0n) is 19.4. The van der Waals surface area contributed by atoms with Crippen LogP contribution in [0.25, 0.3) is 10.2 Å². The van der Waals surface area contributed by atoms with Crippen molar-refractivity contribution < 1.29 is 9.53 Å². The summed E-state index contributed by atoms with van der Waals surface area (Å²) < 4.78 is 7.15. The van der Waals surface area contributed by atoms with Crippen molar-refractivity contribution in [3.8, 4) is 0 Å². The summed E-state index contributed by atoms with van der Waals surface area (Å²) in [5, 5.41) is 1.29. The molecule has 0 radical (unpaired) electrons. The van der Waals surface area contributed by atoms with E-state index in [2.05, 4.69) is 0 Å². The summed E-state index contributed by atoms with van der Waals surface area (Å²) in [4.78, 5) is 34.4. The van der Waals surface area contributed by atoms with Crippen LogP contribution in [0.5, 0.6) is 0 Å². The maximum absolute atomic E-state index is 13.3. The summed E-state index contributed by atoms with van der Waals surface area (Å²) in [5.74, 6) is 0.235. The Morgan fingerprint density at radius 2 is 1.94 bits per heavy atom. The largest absolute Gasteiger partial charge is 0.382 e. The molecule has 1 aromatic carbocycles. The highest BCUT2D eigenvalue weighted by molar-refractivity contribution is 7.99. The average molecular weight is 474 g/mol. The van der Waals surface area contributed by atoms with Gasteiger partial charge in [0.05, 0.1) is 11.1 Å². The van der Waals surface area contributed by atoms with Crippen LogP contribution in [0.4, 0.5) is 0 Å². The summed E-state index contributed by atoms with van der Waals surface area (Å²) in [6, 6.07) is 8.18. The first kappa shape index (κ1) is 24.5. The van der Waals surface area contributed by atoms with Crippen LogP contribution in [0.3, 0.4) is 0 Å². The molecule has 0 fully saturated rings. The lowest BCUT2D eigenvalue weighted by molar-refractivity contribution is -0.127. The van der Waals surface area contributed by atoms with E-state index in [4.69, 9.17) is 9.72 Å². The first-order valence-corrected chi connectivity index (χ1v) is 12.6. The predicted molar refractivity (Wildman–Crippen MR) is 133 cm³/mol. The minimum absolute atomic E-state index is 0.00401. The van der Waals surface area contributed by atoms with Crippen molar-refractivity contribution in [2.24, 2.45) is 0 Å². The molecule has 32 heavy (non-hydrogen) atoms. The molecule has 3 aromatic rings. The van der Waals surface area contributed by atoms with Crippen LogP contribution in [0.1, 0.15) is 34.9 Å². The first-order valence-electron chi connectivity index (χ1n) is 10.8. The van der Waals surface area contributed by atoms with Crippen LogP contribution >= 0.6 is 23.1 Å². The molecule has 0 spiro atoms. The number of ether oxygens (including phenoxy) is 1. The van der Waals surface area contributed by atoms with Gasteiger partial charge in [0, 0.05) is 38.2 Å². The lowest BCUT2D eigenvalue weighted by atomic mass is 10.1. The zero-order valence-corrected chi connectivity index (χ0v) is 21.1. The third-order valence-corrected chi connectivity index (χ3v) is 7.48. The number of hydrogen-bond donors (Lipinski definition) is 0. The molecule has 2 aromatic heterocycles. The highest BCUT2D eigenvalue weighted by Gasteiger charge is 2.18. The fourth-order valence-electron chi connectivity index (χ4n) is 3.38. The Morgan fingerprint density at radius 1 is 1.22 bits per heavy atom. The number of rotatable bonds is 10. The summed E-state index contributed by atoms with van der Waals surface area (Å²) in [6.45, 7) is 10.3. The Balaban J connectivity index is 1.77. The molecule has 3 rings (SSSR count). The molecule has 2 heterocycles. The maximum atomic E-state index is 13.3. The number of carbonyl (C=O) groups excluding carboxylic acids is 1. The Bertz CT molecular complexity index is 1140. The molecular formula is C24H31N3O3S2. The lowest BCUT2D eigenvalue weighted by Crippen LogP contribution is -2.29. The number of benzene rings is 1. The topological polar surface area (TPSA) is 64.4 Å². The van der Waals surface area contributed by atoms with E-state index in [1.54, 1.807) is 16.5 Å². The van der Waals surface area contributed by atoms with Crippen molar-refractivity contribution in [3.63, 3.8) is 0 Å². The van der Waals surface area contributed by atoms with Crippen molar-refractivity contribution in [3.05, 3.63) is 56.2 Å². The summed E-state index contributed by atoms with van der Waals surface area (Å²) in [5.41, 5.74) is 3.25. The molecule has 0 unspecified atom stereocenters. The van der Waals surface area contributed by atoms with E-state index in [-0.39, 0.29) is 17.2 Å². The van der Waals surface area contributed by atoms with Gasteiger partial charge in [0.25, 0.3) is 5.56 Å². The number of amides is 1. The monoisotopic (exact) mass is 473 g/mol. The minimum atomic E-state index is -0.0312. The summed E-state index contributed by atoms with van der Waals surface area (Å²) in [6.07, 6.45) is 0.720. The van der Waals surface area contributed by atoms with Gasteiger partial charge < -0.3 is 9.64 Å². The number of aromatic nitrogens is 2. The van der Waals surface area contributed by atoms with Crippen molar-refractivity contribution in [1.29, 1.82) is 0 Å². The molecule has 0 saturated heterocycles. The van der Waals surface area contributed by atoms with Gasteiger partial charge in [-0.25, -0.2) is 4.98 Å². The van der Waals surface area contributed by atoms with Crippen LogP contribution in [0.2, 0.25) is 0 Å². The molecule has 8 heteroatoms. The van der Waals surface area contributed by atoms with Gasteiger partial charge >= 0.3 is 0 Å². The Hall–Kier alpha value is -2.16. The predicted octanol–water partition coefficient (Wildman–Crippen LogP) is 4.56. The van der Waals surface area contributed by atoms with E-state index in [1.165, 1.54) is 28.7 Å². The SMILES string of the molecule is CCOCCCn1c(SCC(=O)N(C)Cc2ccc(C)cc2)nc2sc(C)c(C)c2c1=O. The molecule has 0 aliphatic heterocycles. The minimum Gasteiger partial charge on any atom is -0.382 e. The number of carbonyl (C=O) groups is 1. The maximum Gasteiger partial charge on any atom is 0.263 e. The second-order valence-electron chi connectivity index (χ2n) is 7.89. The molecule has 6 nitrogen and oxygen atoms in total. The van der Waals surface area contributed by atoms with Crippen molar-refractivity contribution in [2.75, 3.05) is 26.0 Å². The quantitative estimate of drug-likeness (QED) is 0.245. The van der Waals surface area contributed by atoms with E-state index in [1.807, 2.05) is 52.0 Å². The van der Waals surface area contributed by atoms with E-state index in [9.17, 15) is 9.59 Å². The molecule has 0 aliphatic rings. The normalized spacial score (nSPS) is 11.3. The van der Waals surface area contributed by atoms with Crippen LogP contribution < -0.4 is 5.56 Å². The number of aryl methyl sites for hydroxylation is 3. The van der Waals surface area contributed by atoms with Crippen molar-refractivity contribution in [2.45, 2.75) is 52.4 Å². The van der Waals surface area contributed by atoms with Gasteiger partial charge in [0.2, 0.25) is 5.91 Å². The first-order chi connectivity index (χ1) is 15.3. The highest BCUT2D eigenvalue weighted by Crippen LogP contribution is 2.28. The van der Waals surface area contributed by atoms with Crippen molar-refractivity contribution >= 4 is 39.2 Å². The number of nitrogens with zero attached hydrogens (tertiary/aromatic N) is 3. The molecule has 0 N–H and O–H groups in total. The average Bonchev–Trinajstić information content (AvgIpc) is 3.06. The van der Waals surface area contributed by atoms with Crippen LogP contribution in [-0.2, 0) is 22.6 Å². The van der Waals surface area contributed by atoms with Crippen LogP contribution in [0.15, 0.2) is 34.2 Å². The number of hydrogen-bond acceptors (Lipinski definition) is 6. The van der Waals surface area contributed by atoms with E-state index < -0.39 is 0 Å². The lowest BCUT2D eigenvalue weighted by Gasteiger charge is -2.18. The molecule has 0 bridgehead atoms. The van der Waals surface area contributed by atoms with Gasteiger partial charge in [0.15, 0.2) is 5.16 Å². The molecule has 1 amide bonds. The fourth-order valence-corrected chi connectivity index (χ4v) is 5.41. The third kappa shape index (κ3) is 5.79. The summed E-state index contributed by atoms with van der Waals surface area (Å²) >= 11 is 2.86. The second-order valence-corrected chi connectivity index (χ2v) is 10.0. The molecule has 0 aliphatic carbocycles. The van der Waals surface area contributed by atoms with Gasteiger partial charge in [-0.2, -0.15) is 0 Å². The van der Waals surface area contributed by atoms with E-state index in [0.717, 1.165) is 27.3 Å². The van der Waals surface area contributed by atoms with Crippen LogP contribution in [0, 0.1) is 20.8 Å². The van der Waals surface area contributed by atoms with Gasteiger partial charge in [0.1, 0.15) is 4.83 Å². The molecule has 0 atom stereocenters. The standard InChI is InChI=1S/C24H31N3O3S2/c1-6-30-13-7-12-27-23(29)21-17(3)18(4)32-22(21)25-24(27)31-15-20(28)26(5)14-19-10-8-16(2)9-11-19/h8-11H,6-7,12-15H2,1-5H3. The smallest absolute Gasteiger partial charge is 0.263 e. The number of fused-ring (bicyclic) bond motifs is 1. The van der Waals surface area contributed by atoms with Crippen molar-refractivity contribution in [1.82, 2.24) is 14.5 Å². The fraction of sp³-hybridized carbons (Fsp3) is 0.458. The molecule has 0 saturated carbocycles. The van der Waals surface area contributed by atoms with Gasteiger partial charge in [-0.05, 0) is 45.2 Å². The molecular weight excluding hydrogens is 442 g/mol. The Labute approximate surface area is 197 Å². The number of thioether (sulfide) groups is 1. The highest BCUT2D eigenvalue weighted by atomic mass is 32.2. The third-order valence-electron chi connectivity index (χ3n) is 5.42. The number of thiophene rings is 1. The molecule has 172 valence electrons.